The van der Waals surface area contributed by atoms with Gasteiger partial charge in [0.1, 0.15) is 17.4 Å². The van der Waals surface area contributed by atoms with Crippen LogP contribution in [0.1, 0.15) is 97.3 Å². The molecule has 0 aromatic heterocycles. The highest BCUT2D eigenvalue weighted by Crippen LogP contribution is 2.14. The van der Waals surface area contributed by atoms with Crippen LogP contribution in [0.2, 0.25) is 0 Å². The maximum absolute atomic E-state index is 11.0. The van der Waals surface area contributed by atoms with Crippen molar-refractivity contribution in [2.24, 2.45) is 4.99 Å². The zero-order chi connectivity index (χ0) is 31.4. The minimum atomic E-state index is -0.137. The number of aliphatic imine (C=N–C) groups is 1. The number of piperidine rings is 3. The summed E-state index contributed by atoms with van der Waals surface area (Å²) < 4.78 is 4.94. The Bertz CT molecular complexity index is 1030. The Balaban J connectivity index is 0.000000511. The van der Waals surface area contributed by atoms with Crippen molar-refractivity contribution < 1.29 is 19.1 Å². The number of Topliss-reactive ketones (excluding diaryl/α,β-unsaturated/α-hetero) is 2. The highest BCUT2D eigenvalue weighted by Gasteiger charge is 2.13. The molecule has 0 spiro atoms. The molecule has 4 aliphatic rings. The van der Waals surface area contributed by atoms with Crippen molar-refractivity contribution in [2.75, 3.05) is 33.3 Å². The van der Waals surface area contributed by atoms with E-state index >= 15 is 0 Å². The van der Waals surface area contributed by atoms with Crippen LogP contribution in [-0.4, -0.2) is 56.7 Å². The van der Waals surface area contributed by atoms with Crippen LogP contribution < -0.4 is 16.0 Å². The second kappa shape index (κ2) is 25.8. The fourth-order valence-corrected chi connectivity index (χ4v) is 3.98. The van der Waals surface area contributed by atoms with Crippen LogP contribution >= 0.6 is 0 Å². The average molecular weight is 582 g/mol. The minimum absolute atomic E-state index is 0.0417. The van der Waals surface area contributed by atoms with E-state index < -0.39 is 0 Å². The molecular weight excluding hydrogens is 534 g/mol. The largest absolute Gasteiger partial charge is 0.484 e. The number of hydrogen-bond acceptors (Lipinski definition) is 10. The van der Waals surface area contributed by atoms with Gasteiger partial charge in [-0.05, 0) is 78.1 Å². The minimum Gasteiger partial charge on any atom is -0.484 e. The summed E-state index contributed by atoms with van der Waals surface area (Å²) in [6.07, 6.45) is 14.7. The van der Waals surface area contributed by atoms with E-state index in [0.29, 0.717) is 5.57 Å². The third-order valence-electron chi connectivity index (χ3n) is 6.22. The monoisotopic (exact) mass is 581 g/mol. The van der Waals surface area contributed by atoms with Crippen LogP contribution in [-0.2, 0) is 19.1 Å². The van der Waals surface area contributed by atoms with Gasteiger partial charge in [0.15, 0.2) is 11.7 Å². The van der Waals surface area contributed by atoms with Crippen LogP contribution in [0.4, 0.5) is 0 Å². The molecule has 0 atom stereocenters. The lowest BCUT2D eigenvalue weighted by atomic mass is 10.0. The number of amides is 1. The van der Waals surface area contributed by atoms with Crippen LogP contribution in [0, 0.1) is 34.0 Å². The van der Waals surface area contributed by atoms with E-state index in [2.05, 4.69) is 20.9 Å². The molecule has 4 aliphatic heterocycles. The van der Waals surface area contributed by atoms with Gasteiger partial charge in [-0.1, -0.05) is 0 Å². The Morgan fingerprint density at radius 2 is 1.48 bits per heavy atom. The number of carbonyl (C=O) groups excluding carboxylic acids is 3. The van der Waals surface area contributed by atoms with Crippen molar-refractivity contribution in [3.63, 3.8) is 0 Å². The first-order valence-electron chi connectivity index (χ1n) is 14.7. The van der Waals surface area contributed by atoms with Crippen molar-refractivity contribution >= 4 is 23.4 Å². The van der Waals surface area contributed by atoms with E-state index in [9.17, 15) is 14.4 Å². The van der Waals surface area contributed by atoms with Crippen molar-refractivity contribution in [3.8, 4) is 18.2 Å². The maximum atomic E-state index is 11.0. The highest BCUT2D eigenvalue weighted by atomic mass is 16.5. The average Bonchev–Trinajstić information content (AvgIpc) is 3.01. The molecule has 0 aromatic rings. The van der Waals surface area contributed by atoms with Gasteiger partial charge in [-0.2, -0.15) is 15.8 Å². The van der Waals surface area contributed by atoms with Crippen LogP contribution in [0.15, 0.2) is 28.0 Å². The summed E-state index contributed by atoms with van der Waals surface area (Å²) >= 11 is 0. The number of allylic oxidation sites excluding steroid dienone is 4. The molecule has 0 bridgehead atoms. The topological polar surface area (TPSA) is 180 Å². The van der Waals surface area contributed by atoms with Gasteiger partial charge >= 0.3 is 0 Å². The zero-order valence-electron chi connectivity index (χ0n) is 25.5. The molecule has 1 amide bonds. The van der Waals surface area contributed by atoms with E-state index in [1.54, 1.807) is 19.3 Å². The van der Waals surface area contributed by atoms with E-state index in [1.165, 1.54) is 39.5 Å². The number of hydrogen-bond donors (Lipinski definition) is 3. The summed E-state index contributed by atoms with van der Waals surface area (Å²) in [7, 11) is 1.68. The van der Waals surface area contributed by atoms with E-state index in [0.717, 1.165) is 94.8 Å². The molecule has 3 N–H and O–H groups in total. The molecule has 0 aliphatic carbocycles. The number of rotatable bonds is 2. The first-order valence-corrected chi connectivity index (χ1v) is 14.7. The summed E-state index contributed by atoms with van der Waals surface area (Å²) in [4.78, 5) is 35.3. The molecule has 230 valence electrons. The molecule has 3 saturated heterocycles. The second-order valence-electron chi connectivity index (χ2n) is 9.87. The molecular formula is C31H47N7O4. The van der Waals surface area contributed by atoms with Gasteiger partial charge in [-0.15, -0.1) is 0 Å². The Kier molecular flexibility index (Phi) is 23.2. The second-order valence-corrected chi connectivity index (χ2v) is 9.87. The molecule has 0 radical (unpaired) electrons. The Hall–Kier alpha value is -4.17. The SMILES string of the molecule is CC(=O)C(C#N)=C1CCCCN1.CC(=O)CC#N.COC1=NCCCC1.N#CC=C1CCCCN1.O=C1CCCCN1. The number of nitrogens with zero attached hydrogens (tertiary/aromatic N) is 4. The number of carbonyl (C=O) groups is 3. The van der Waals surface area contributed by atoms with Gasteiger partial charge in [0, 0.05) is 56.5 Å². The fourth-order valence-electron chi connectivity index (χ4n) is 3.98. The zero-order valence-corrected chi connectivity index (χ0v) is 25.5. The standard InChI is InChI=1S/C9H12N2O.C7H10N2.C6H11NO.C5H9NO.C4H5NO/c1-7(12)8(6-10)9-4-2-3-5-11-9;8-5-4-7-3-1-2-6-9-7;1-8-6-4-2-3-5-7-6;7-5-3-1-2-4-6-5;1-4(6)2-3-5/h11H,2-5H2,1H3;4,9H,1-3,6H2;2-5H2,1H3;1-4H2,(H,6,7);2H2,1H3. The molecule has 4 heterocycles. The lowest BCUT2D eigenvalue weighted by Gasteiger charge is -2.17. The summed E-state index contributed by atoms with van der Waals surface area (Å²) in [5, 5.41) is 33.7. The van der Waals surface area contributed by atoms with E-state index in [1.807, 2.05) is 12.1 Å². The van der Waals surface area contributed by atoms with Gasteiger partial charge in [0.25, 0.3) is 0 Å². The molecule has 11 nitrogen and oxygen atoms in total. The molecule has 3 fully saturated rings. The number of nitrogens with one attached hydrogen (secondary N) is 3. The molecule has 42 heavy (non-hydrogen) atoms. The van der Waals surface area contributed by atoms with Crippen molar-refractivity contribution in [1.82, 2.24) is 16.0 Å². The predicted molar refractivity (Wildman–Crippen MR) is 162 cm³/mol. The number of ether oxygens (including phenoxy) is 1. The number of ketones is 2. The Labute approximate surface area is 251 Å². The van der Waals surface area contributed by atoms with E-state index in [-0.39, 0.29) is 23.9 Å². The maximum Gasteiger partial charge on any atom is 0.219 e. The Morgan fingerprint density at radius 1 is 0.857 bits per heavy atom. The van der Waals surface area contributed by atoms with Gasteiger partial charge < -0.3 is 20.7 Å². The quantitative estimate of drug-likeness (QED) is 0.317. The van der Waals surface area contributed by atoms with Gasteiger partial charge in [0.2, 0.25) is 5.91 Å². The fraction of sp³-hybridized carbons (Fsp3) is 0.645. The van der Waals surface area contributed by atoms with Gasteiger partial charge in [0.05, 0.1) is 25.7 Å². The van der Waals surface area contributed by atoms with Crippen molar-refractivity contribution in [3.05, 3.63) is 23.0 Å². The Morgan fingerprint density at radius 3 is 1.79 bits per heavy atom. The van der Waals surface area contributed by atoms with Crippen molar-refractivity contribution in [1.29, 1.82) is 15.8 Å². The van der Waals surface area contributed by atoms with Crippen LogP contribution in [0.5, 0.6) is 0 Å². The summed E-state index contributed by atoms with van der Waals surface area (Å²) in [5.74, 6) is 0.932. The summed E-state index contributed by atoms with van der Waals surface area (Å²) in [5.41, 5.74) is 2.23. The third kappa shape index (κ3) is 20.7. The van der Waals surface area contributed by atoms with E-state index in [4.69, 9.17) is 20.5 Å². The molecule has 0 aromatic carbocycles. The predicted octanol–water partition coefficient (Wildman–Crippen LogP) is 4.28. The molecule has 11 heteroatoms. The third-order valence-corrected chi connectivity index (χ3v) is 6.22. The smallest absolute Gasteiger partial charge is 0.219 e. The summed E-state index contributed by atoms with van der Waals surface area (Å²) in [6, 6.07) is 5.67. The normalized spacial score (nSPS) is 19.1. The first kappa shape index (κ1) is 37.8. The molecule has 0 saturated carbocycles. The van der Waals surface area contributed by atoms with Gasteiger partial charge in [-0.3, -0.25) is 19.4 Å². The molecule has 4 rings (SSSR count). The van der Waals surface area contributed by atoms with Crippen LogP contribution in [0.3, 0.4) is 0 Å². The number of methoxy groups -OCH3 is 1. The lowest BCUT2D eigenvalue weighted by Crippen LogP contribution is -2.28. The summed E-state index contributed by atoms with van der Waals surface area (Å²) in [6.45, 7) is 6.59. The lowest BCUT2D eigenvalue weighted by molar-refractivity contribution is -0.122. The number of nitriles is 3. The van der Waals surface area contributed by atoms with Gasteiger partial charge in [-0.25, -0.2) is 0 Å². The molecule has 0 unspecified atom stereocenters. The van der Waals surface area contributed by atoms with Crippen LogP contribution in [0.25, 0.3) is 0 Å². The van der Waals surface area contributed by atoms with Crippen molar-refractivity contribution in [2.45, 2.75) is 97.3 Å². The first-order chi connectivity index (χ1) is 20.3. The highest BCUT2D eigenvalue weighted by molar-refractivity contribution is 5.97.